The van der Waals surface area contributed by atoms with Gasteiger partial charge in [-0.05, 0) is 26.7 Å². The molecule has 6 nitrogen and oxygen atoms in total. The van der Waals surface area contributed by atoms with Gasteiger partial charge in [-0.15, -0.1) is 0 Å². The van der Waals surface area contributed by atoms with Crippen molar-refractivity contribution in [3.63, 3.8) is 0 Å². The van der Waals surface area contributed by atoms with Crippen molar-refractivity contribution < 1.29 is 13.5 Å². The van der Waals surface area contributed by atoms with Gasteiger partial charge in [0, 0.05) is 12.6 Å². The predicted molar refractivity (Wildman–Crippen MR) is 59.4 cm³/mol. The first-order valence-electron chi connectivity index (χ1n) is 5.10. The van der Waals surface area contributed by atoms with Crippen LogP contribution in [0.4, 0.5) is 0 Å². The van der Waals surface area contributed by atoms with E-state index in [4.69, 9.17) is 5.11 Å². The molecule has 0 saturated heterocycles. The van der Waals surface area contributed by atoms with Crippen LogP contribution in [0.1, 0.15) is 25.6 Å². The molecular weight excluding hydrogens is 230 g/mol. The first-order chi connectivity index (χ1) is 7.45. The summed E-state index contributed by atoms with van der Waals surface area (Å²) in [7, 11) is -3.52. The largest absolute Gasteiger partial charge is 0.396 e. The molecule has 0 saturated carbocycles. The van der Waals surface area contributed by atoms with Crippen LogP contribution in [-0.4, -0.2) is 36.1 Å². The Hall–Kier alpha value is -0.920. The fourth-order valence-electron chi connectivity index (χ4n) is 1.32. The van der Waals surface area contributed by atoms with E-state index in [9.17, 15) is 8.42 Å². The van der Waals surface area contributed by atoms with Crippen LogP contribution in [0.5, 0.6) is 0 Å². The van der Waals surface area contributed by atoms with E-state index >= 15 is 0 Å². The van der Waals surface area contributed by atoms with E-state index in [-0.39, 0.29) is 17.7 Å². The van der Waals surface area contributed by atoms with Crippen molar-refractivity contribution in [2.75, 3.05) is 6.61 Å². The van der Waals surface area contributed by atoms with Gasteiger partial charge in [-0.2, -0.15) is 0 Å². The highest BCUT2D eigenvalue weighted by molar-refractivity contribution is 7.89. The number of aromatic amines is 1. The molecule has 0 aliphatic rings. The molecule has 0 aromatic carbocycles. The van der Waals surface area contributed by atoms with Gasteiger partial charge in [0.15, 0.2) is 5.03 Å². The minimum atomic E-state index is -3.52. The molecule has 0 radical (unpaired) electrons. The van der Waals surface area contributed by atoms with Crippen molar-refractivity contribution in [2.45, 2.75) is 37.8 Å². The molecule has 0 aliphatic carbocycles. The smallest absolute Gasteiger partial charge is 0.257 e. The molecule has 1 heterocycles. The summed E-state index contributed by atoms with van der Waals surface area (Å²) < 4.78 is 26.1. The summed E-state index contributed by atoms with van der Waals surface area (Å²) >= 11 is 0. The highest BCUT2D eigenvalue weighted by Crippen LogP contribution is 2.07. The molecule has 16 heavy (non-hydrogen) atoms. The second-order valence-electron chi connectivity index (χ2n) is 3.72. The molecule has 92 valence electrons. The van der Waals surface area contributed by atoms with Crippen LogP contribution in [0, 0.1) is 6.92 Å². The van der Waals surface area contributed by atoms with Crippen LogP contribution >= 0.6 is 0 Å². The molecule has 1 rings (SSSR count). The average Bonchev–Trinajstić information content (AvgIpc) is 2.62. The number of nitrogens with zero attached hydrogens (tertiary/aromatic N) is 1. The van der Waals surface area contributed by atoms with E-state index < -0.39 is 10.0 Å². The normalized spacial score (nSPS) is 13.9. The number of imidazole rings is 1. The zero-order chi connectivity index (χ0) is 12.2. The van der Waals surface area contributed by atoms with Crippen LogP contribution in [0.2, 0.25) is 0 Å². The Morgan fingerprint density at radius 3 is 2.81 bits per heavy atom. The van der Waals surface area contributed by atoms with Crippen molar-refractivity contribution in [1.29, 1.82) is 0 Å². The molecule has 0 amide bonds. The molecular formula is C9H17N3O3S. The third kappa shape index (κ3) is 3.58. The number of hydrogen-bond acceptors (Lipinski definition) is 4. The number of rotatable bonds is 6. The van der Waals surface area contributed by atoms with Crippen molar-refractivity contribution in [3.05, 3.63) is 12.0 Å². The summed E-state index contributed by atoms with van der Waals surface area (Å²) in [5.41, 5.74) is 0. The standard InChI is InChI=1S/C9H17N3O3S/c1-7(4-3-5-13)12-16(14,15)9-6-10-8(2)11-9/h6-7,12-13H,3-5H2,1-2H3,(H,10,11). The lowest BCUT2D eigenvalue weighted by Crippen LogP contribution is -2.32. The summed E-state index contributed by atoms with van der Waals surface area (Å²) in [6, 6.07) is -0.208. The minimum Gasteiger partial charge on any atom is -0.396 e. The fraction of sp³-hybridized carbons (Fsp3) is 0.667. The molecule has 0 bridgehead atoms. The van der Waals surface area contributed by atoms with E-state index in [0.29, 0.717) is 18.7 Å². The number of H-pyrrole nitrogens is 1. The van der Waals surface area contributed by atoms with E-state index in [0.717, 1.165) is 0 Å². The number of aliphatic hydroxyl groups excluding tert-OH is 1. The Bertz CT molecular complexity index is 427. The van der Waals surface area contributed by atoms with Gasteiger partial charge in [-0.1, -0.05) is 0 Å². The van der Waals surface area contributed by atoms with Crippen LogP contribution in [0.15, 0.2) is 11.2 Å². The van der Waals surface area contributed by atoms with E-state index in [2.05, 4.69) is 14.7 Å². The zero-order valence-electron chi connectivity index (χ0n) is 9.40. The summed E-state index contributed by atoms with van der Waals surface area (Å²) in [5.74, 6) is 0.559. The Kier molecular flexibility index (Phi) is 4.45. The summed E-state index contributed by atoms with van der Waals surface area (Å²) in [6.07, 6.45) is 2.46. The molecule has 7 heteroatoms. The quantitative estimate of drug-likeness (QED) is 0.667. The Morgan fingerprint density at radius 1 is 1.62 bits per heavy atom. The summed E-state index contributed by atoms with van der Waals surface area (Å²) in [6.45, 7) is 3.51. The molecule has 1 aromatic rings. The van der Waals surface area contributed by atoms with Gasteiger partial charge in [0.05, 0.1) is 6.20 Å². The van der Waals surface area contributed by atoms with Crippen LogP contribution in [-0.2, 0) is 10.0 Å². The lowest BCUT2D eigenvalue weighted by Gasteiger charge is -2.12. The van der Waals surface area contributed by atoms with E-state index in [1.807, 2.05) is 0 Å². The summed E-state index contributed by atoms with van der Waals surface area (Å²) in [4.78, 5) is 6.50. The van der Waals surface area contributed by atoms with Gasteiger partial charge in [0.1, 0.15) is 5.82 Å². The van der Waals surface area contributed by atoms with E-state index in [1.165, 1.54) is 6.20 Å². The maximum Gasteiger partial charge on any atom is 0.257 e. The first kappa shape index (κ1) is 13.1. The van der Waals surface area contributed by atoms with Crippen molar-refractivity contribution >= 4 is 10.0 Å². The number of nitrogens with one attached hydrogen (secondary N) is 2. The van der Waals surface area contributed by atoms with Crippen LogP contribution < -0.4 is 4.72 Å². The monoisotopic (exact) mass is 247 g/mol. The van der Waals surface area contributed by atoms with Gasteiger partial charge in [-0.25, -0.2) is 18.1 Å². The topological polar surface area (TPSA) is 95.1 Å². The molecule has 3 N–H and O–H groups in total. The number of aryl methyl sites for hydroxylation is 1. The Balaban J connectivity index is 2.65. The van der Waals surface area contributed by atoms with E-state index in [1.54, 1.807) is 13.8 Å². The van der Waals surface area contributed by atoms with Crippen molar-refractivity contribution in [2.24, 2.45) is 0 Å². The Labute approximate surface area is 95.2 Å². The van der Waals surface area contributed by atoms with Crippen LogP contribution in [0.25, 0.3) is 0 Å². The van der Waals surface area contributed by atoms with Gasteiger partial charge in [0.2, 0.25) is 0 Å². The fourth-order valence-corrected chi connectivity index (χ4v) is 2.57. The highest BCUT2D eigenvalue weighted by Gasteiger charge is 2.18. The van der Waals surface area contributed by atoms with Crippen molar-refractivity contribution in [3.8, 4) is 0 Å². The molecule has 0 aliphatic heterocycles. The maximum atomic E-state index is 11.8. The molecule has 1 unspecified atom stereocenters. The number of sulfonamides is 1. The lowest BCUT2D eigenvalue weighted by molar-refractivity contribution is 0.279. The summed E-state index contributed by atoms with van der Waals surface area (Å²) in [5, 5.41) is 8.71. The van der Waals surface area contributed by atoms with Gasteiger partial charge >= 0.3 is 0 Å². The second kappa shape index (κ2) is 5.42. The minimum absolute atomic E-state index is 0.0647. The maximum absolute atomic E-state index is 11.8. The van der Waals surface area contributed by atoms with Crippen LogP contribution in [0.3, 0.4) is 0 Å². The Morgan fingerprint density at radius 2 is 2.31 bits per heavy atom. The molecule has 1 aromatic heterocycles. The molecule has 0 spiro atoms. The zero-order valence-corrected chi connectivity index (χ0v) is 10.2. The average molecular weight is 247 g/mol. The van der Waals surface area contributed by atoms with Crippen molar-refractivity contribution in [1.82, 2.24) is 14.7 Å². The number of aliphatic hydroxyl groups is 1. The third-order valence-electron chi connectivity index (χ3n) is 2.12. The van der Waals surface area contributed by atoms with Gasteiger partial charge < -0.3 is 10.1 Å². The lowest BCUT2D eigenvalue weighted by atomic mass is 10.2. The predicted octanol–water partition coefficient (Wildman–Crippen LogP) is 0.157. The van der Waals surface area contributed by atoms with Gasteiger partial charge in [-0.3, -0.25) is 0 Å². The molecule has 0 fully saturated rings. The SMILES string of the molecule is Cc1ncc(S(=O)(=O)NC(C)CCCO)[nH]1. The molecule has 1 atom stereocenters. The number of aromatic nitrogens is 2. The van der Waals surface area contributed by atoms with Gasteiger partial charge in [0.25, 0.3) is 10.0 Å². The second-order valence-corrected chi connectivity index (χ2v) is 5.40. The first-order valence-corrected chi connectivity index (χ1v) is 6.59. The highest BCUT2D eigenvalue weighted by atomic mass is 32.2. The number of hydrogen-bond donors (Lipinski definition) is 3. The third-order valence-corrected chi connectivity index (χ3v) is 3.62.